The van der Waals surface area contributed by atoms with E-state index in [9.17, 15) is 18.0 Å². The first-order chi connectivity index (χ1) is 15.2. The predicted octanol–water partition coefficient (Wildman–Crippen LogP) is 4.87. The number of hydrogen-bond acceptors (Lipinski definition) is 4. The summed E-state index contributed by atoms with van der Waals surface area (Å²) >= 11 is 0. The van der Waals surface area contributed by atoms with E-state index in [1.165, 1.54) is 6.20 Å². The summed E-state index contributed by atoms with van der Waals surface area (Å²) in [5.41, 5.74) is 2.31. The minimum atomic E-state index is -4.46. The van der Waals surface area contributed by atoms with Crippen molar-refractivity contribution in [1.82, 2.24) is 15.1 Å². The molecule has 170 valence electrons. The van der Waals surface area contributed by atoms with E-state index in [1.807, 2.05) is 31.2 Å². The van der Waals surface area contributed by atoms with E-state index >= 15 is 0 Å². The largest absolute Gasteiger partial charge is 0.465 e. The Morgan fingerprint density at radius 3 is 2.62 bits per heavy atom. The Balaban J connectivity index is 1.54. The van der Waals surface area contributed by atoms with Gasteiger partial charge in [-0.1, -0.05) is 31.2 Å². The summed E-state index contributed by atoms with van der Waals surface area (Å²) in [4.78, 5) is 12.4. The van der Waals surface area contributed by atoms with Gasteiger partial charge in [0.05, 0.1) is 25.2 Å². The first kappa shape index (κ1) is 22.0. The van der Waals surface area contributed by atoms with Crippen molar-refractivity contribution < 1.29 is 22.4 Å². The van der Waals surface area contributed by atoms with E-state index < -0.39 is 18.3 Å². The molecule has 2 aromatic heterocycles. The number of amides is 1. The molecule has 0 bridgehead atoms. The topological polar surface area (TPSA) is 72.1 Å². The minimum Gasteiger partial charge on any atom is -0.465 e. The fourth-order valence-electron chi connectivity index (χ4n) is 3.95. The van der Waals surface area contributed by atoms with Gasteiger partial charge in [0.2, 0.25) is 5.91 Å². The summed E-state index contributed by atoms with van der Waals surface area (Å²) in [6.07, 6.45) is -2.53. The summed E-state index contributed by atoms with van der Waals surface area (Å²) in [5.74, 6) is 1.25. The van der Waals surface area contributed by atoms with Crippen LogP contribution in [0.2, 0.25) is 0 Å². The lowest BCUT2D eigenvalue weighted by atomic mass is 9.95. The van der Waals surface area contributed by atoms with E-state index in [2.05, 4.69) is 15.7 Å². The molecule has 0 spiro atoms. The maximum absolute atomic E-state index is 13.8. The zero-order valence-corrected chi connectivity index (χ0v) is 17.9. The average Bonchev–Trinajstić information content (AvgIpc) is 3.37. The second-order valence-corrected chi connectivity index (χ2v) is 8.01. The van der Waals surface area contributed by atoms with Gasteiger partial charge in [0.15, 0.2) is 6.04 Å². The number of aryl methyl sites for hydroxylation is 2. The zero-order chi connectivity index (χ0) is 22.9. The van der Waals surface area contributed by atoms with Gasteiger partial charge in [0.25, 0.3) is 0 Å². The van der Waals surface area contributed by atoms with Crippen LogP contribution in [0.3, 0.4) is 0 Å². The highest BCUT2D eigenvalue weighted by Crippen LogP contribution is 2.44. The van der Waals surface area contributed by atoms with E-state index in [0.29, 0.717) is 11.3 Å². The van der Waals surface area contributed by atoms with Crippen LogP contribution in [0.5, 0.6) is 0 Å². The van der Waals surface area contributed by atoms with Gasteiger partial charge in [-0.05, 0) is 36.6 Å². The van der Waals surface area contributed by atoms with Crippen molar-refractivity contribution in [2.24, 2.45) is 0 Å². The second kappa shape index (κ2) is 8.72. The van der Waals surface area contributed by atoms with Crippen molar-refractivity contribution in [3.63, 3.8) is 0 Å². The lowest BCUT2D eigenvalue weighted by Crippen LogP contribution is -2.36. The normalized spacial score (nSPS) is 18.2. The maximum Gasteiger partial charge on any atom is 0.410 e. The molecule has 0 fully saturated rings. The quantitative estimate of drug-likeness (QED) is 0.567. The van der Waals surface area contributed by atoms with Crippen LogP contribution < -0.4 is 10.6 Å². The highest BCUT2D eigenvalue weighted by molar-refractivity contribution is 5.80. The van der Waals surface area contributed by atoms with Crippen LogP contribution in [0.4, 0.5) is 19.0 Å². The Bertz CT molecular complexity index is 1090. The molecule has 6 nitrogen and oxygen atoms in total. The Hall–Kier alpha value is -3.23. The molecule has 1 aliphatic rings. The number of carbonyl (C=O) groups excluding carboxylic acids is 1. The van der Waals surface area contributed by atoms with Crippen LogP contribution in [-0.4, -0.2) is 21.9 Å². The lowest BCUT2D eigenvalue weighted by Gasteiger charge is -2.34. The third kappa shape index (κ3) is 4.66. The van der Waals surface area contributed by atoms with E-state index in [4.69, 9.17) is 4.42 Å². The molecule has 0 saturated heterocycles. The number of carbonyl (C=O) groups is 1. The molecular formula is C23H25F3N4O2. The molecule has 2 atom stereocenters. The molecule has 0 aliphatic carbocycles. The van der Waals surface area contributed by atoms with Gasteiger partial charge in [-0.3, -0.25) is 4.79 Å². The first-order valence-electron chi connectivity index (χ1n) is 10.5. The summed E-state index contributed by atoms with van der Waals surface area (Å²) in [6.45, 7) is 4.04. The van der Waals surface area contributed by atoms with Crippen molar-refractivity contribution in [2.45, 2.75) is 57.9 Å². The van der Waals surface area contributed by atoms with Crippen LogP contribution in [0, 0.1) is 6.92 Å². The van der Waals surface area contributed by atoms with Gasteiger partial charge < -0.3 is 15.1 Å². The number of nitrogens with one attached hydrogen (secondary N) is 2. The standard InChI is InChI=1S/C23H25F3N4O2/c1-3-15-5-7-16(8-6-15)19-11-20(23(24,25)26)30-22(29-19)17(12-28-30)10-21(31)27-13-18-9-4-14(2)32-18/h4-9,12,19-20,29H,3,10-11,13H2,1-2H3,(H,27,31)/t19-,20+/m1/s1. The molecule has 9 heteroatoms. The number of anilines is 1. The number of hydrogen-bond donors (Lipinski definition) is 2. The monoisotopic (exact) mass is 446 g/mol. The molecule has 4 rings (SSSR count). The third-order valence-electron chi connectivity index (χ3n) is 5.71. The highest BCUT2D eigenvalue weighted by Gasteiger charge is 2.46. The van der Waals surface area contributed by atoms with E-state index in [-0.39, 0.29) is 31.1 Å². The van der Waals surface area contributed by atoms with Crippen molar-refractivity contribution in [2.75, 3.05) is 5.32 Å². The van der Waals surface area contributed by atoms with Gasteiger partial charge in [-0.15, -0.1) is 0 Å². The van der Waals surface area contributed by atoms with Gasteiger partial charge in [-0.2, -0.15) is 18.3 Å². The Kier molecular flexibility index (Phi) is 5.99. The van der Waals surface area contributed by atoms with Crippen molar-refractivity contribution in [3.05, 3.63) is 70.8 Å². The van der Waals surface area contributed by atoms with Gasteiger partial charge in [0, 0.05) is 12.0 Å². The Morgan fingerprint density at radius 1 is 1.25 bits per heavy atom. The summed E-state index contributed by atoms with van der Waals surface area (Å²) in [6, 6.07) is 8.82. The minimum absolute atomic E-state index is 0.0892. The molecule has 2 N–H and O–H groups in total. The Labute approximate surface area is 183 Å². The highest BCUT2D eigenvalue weighted by atomic mass is 19.4. The van der Waals surface area contributed by atoms with Crippen molar-refractivity contribution in [1.29, 1.82) is 0 Å². The SMILES string of the molecule is CCc1ccc([C@H]2C[C@@H](C(F)(F)F)n3ncc(CC(=O)NCc4ccc(C)o4)c3N2)cc1. The van der Waals surface area contributed by atoms with Gasteiger partial charge >= 0.3 is 6.18 Å². The lowest BCUT2D eigenvalue weighted by molar-refractivity contribution is -0.173. The van der Waals surface area contributed by atoms with Crippen LogP contribution in [0.1, 0.15) is 53.6 Å². The molecular weight excluding hydrogens is 421 g/mol. The smallest absolute Gasteiger partial charge is 0.410 e. The number of halogens is 3. The molecule has 3 heterocycles. The fourth-order valence-corrected chi connectivity index (χ4v) is 3.95. The van der Waals surface area contributed by atoms with Crippen LogP contribution in [0.15, 0.2) is 47.0 Å². The molecule has 1 amide bonds. The maximum atomic E-state index is 13.8. The summed E-state index contributed by atoms with van der Waals surface area (Å²) in [7, 11) is 0. The number of furan rings is 1. The Morgan fingerprint density at radius 2 is 2.00 bits per heavy atom. The summed E-state index contributed by atoms with van der Waals surface area (Å²) < 4.78 is 47.9. The number of benzene rings is 1. The molecule has 1 aromatic carbocycles. The van der Waals surface area contributed by atoms with Crippen LogP contribution >= 0.6 is 0 Å². The van der Waals surface area contributed by atoms with Crippen LogP contribution in [0.25, 0.3) is 0 Å². The number of alkyl halides is 3. The van der Waals surface area contributed by atoms with Crippen LogP contribution in [-0.2, 0) is 24.2 Å². The van der Waals surface area contributed by atoms with E-state index in [1.54, 1.807) is 19.1 Å². The molecule has 0 radical (unpaired) electrons. The average molecular weight is 446 g/mol. The zero-order valence-electron chi connectivity index (χ0n) is 17.9. The molecule has 32 heavy (non-hydrogen) atoms. The predicted molar refractivity (Wildman–Crippen MR) is 113 cm³/mol. The number of nitrogens with zero attached hydrogens (tertiary/aromatic N) is 2. The molecule has 1 aliphatic heterocycles. The molecule has 0 saturated carbocycles. The first-order valence-corrected chi connectivity index (χ1v) is 10.5. The van der Waals surface area contributed by atoms with Gasteiger partial charge in [-0.25, -0.2) is 4.68 Å². The molecule has 0 unspecified atom stereocenters. The van der Waals surface area contributed by atoms with Crippen molar-refractivity contribution >= 4 is 11.7 Å². The van der Waals surface area contributed by atoms with Gasteiger partial charge in [0.1, 0.15) is 17.3 Å². The summed E-state index contributed by atoms with van der Waals surface area (Å²) in [5, 5.41) is 9.89. The molecule has 3 aromatic rings. The number of fused-ring (bicyclic) bond motifs is 1. The van der Waals surface area contributed by atoms with E-state index in [0.717, 1.165) is 28.0 Å². The second-order valence-electron chi connectivity index (χ2n) is 8.01. The fraction of sp³-hybridized carbons (Fsp3) is 0.391. The number of aromatic nitrogens is 2. The van der Waals surface area contributed by atoms with Crippen molar-refractivity contribution in [3.8, 4) is 0 Å². The number of rotatable bonds is 6. The third-order valence-corrected chi connectivity index (χ3v) is 5.71.